The third-order valence-electron chi connectivity index (χ3n) is 2.76. The zero-order valence-corrected chi connectivity index (χ0v) is 8.36. The van der Waals surface area contributed by atoms with Crippen molar-refractivity contribution < 1.29 is 14.3 Å². The Morgan fingerprint density at radius 2 is 2.43 bits per heavy atom. The third kappa shape index (κ3) is 1.83. The van der Waals surface area contributed by atoms with Crippen LogP contribution >= 0.6 is 0 Å². The summed E-state index contributed by atoms with van der Waals surface area (Å²) in [5.74, 6) is 0. The minimum Gasteiger partial charge on any atom is -0.453 e. The molecule has 0 aromatic carbocycles. The first-order valence-electron chi connectivity index (χ1n) is 4.99. The smallest absolute Gasteiger partial charge is 0.409 e. The Hall–Kier alpha value is -0.810. The van der Waals surface area contributed by atoms with Crippen LogP contribution in [0.5, 0.6) is 0 Å². The number of carbonyl (C=O) groups excluding carboxylic acids is 1. The van der Waals surface area contributed by atoms with Gasteiger partial charge in [-0.3, -0.25) is 0 Å². The summed E-state index contributed by atoms with van der Waals surface area (Å²) in [6, 6.07) is 0.275. The molecule has 0 saturated carbocycles. The van der Waals surface area contributed by atoms with E-state index in [2.05, 4.69) is 10.1 Å². The van der Waals surface area contributed by atoms with E-state index in [4.69, 9.17) is 4.74 Å². The summed E-state index contributed by atoms with van der Waals surface area (Å²) in [6.45, 7) is 3.08. The fourth-order valence-corrected chi connectivity index (χ4v) is 2.01. The number of likely N-dealkylation sites (tertiary alicyclic amines) is 1. The van der Waals surface area contributed by atoms with Gasteiger partial charge in [0.05, 0.1) is 25.8 Å². The highest BCUT2D eigenvalue weighted by atomic mass is 16.5. The number of nitrogens with zero attached hydrogens (tertiary/aromatic N) is 1. The lowest BCUT2D eigenvalue weighted by atomic mass is 10.2. The molecule has 14 heavy (non-hydrogen) atoms. The minimum atomic E-state index is -0.261. The van der Waals surface area contributed by atoms with Gasteiger partial charge in [0, 0.05) is 13.2 Å². The van der Waals surface area contributed by atoms with Crippen LogP contribution in [0.25, 0.3) is 0 Å². The van der Waals surface area contributed by atoms with Crippen LogP contribution in [0.3, 0.4) is 0 Å². The minimum absolute atomic E-state index is 0.136. The molecule has 2 saturated heterocycles. The van der Waals surface area contributed by atoms with Crippen LogP contribution < -0.4 is 5.32 Å². The quantitative estimate of drug-likeness (QED) is 0.589. The van der Waals surface area contributed by atoms with Crippen molar-refractivity contribution in [3.63, 3.8) is 0 Å². The highest BCUT2D eigenvalue weighted by Gasteiger charge is 2.36. The summed E-state index contributed by atoms with van der Waals surface area (Å²) in [6.07, 6.45) is 0.922. The number of amides is 1. The van der Waals surface area contributed by atoms with Crippen molar-refractivity contribution >= 4 is 6.09 Å². The second kappa shape index (κ2) is 4.14. The van der Waals surface area contributed by atoms with Crippen molar-refractivity contribution in [3.05, 3.63) is 0 Å². The molecule has 5 nitrogen and oxygen atoms in total. The van der Waals surface area contributed by atoms with Gasteiger partial charge >= 0.3 is 6.09 Å². The number of hydrogen-bond acceptors (Lipinski definition) is 4. The molecule has 2 atom stereocenters. The van der Waals surface area contributed by atoms with E-state index in [0.29, 0.717) is 13.1 Å². The van der Waals surface area contributed by atoms with Crippen LogP contribution in [0.15, 0.2) is 0 Å². The predicted octanol–water partition coefficient (Wildman–Crippen LogP) is -0.185. The maximum Gasteiger partial charge on any atom is 0.409 e. The van der Waals surface area contributed by atoms with E-state index in [9.17, 15) is 4.79 Å². The Bertz CT molecular complexity index is 208. The SMILES string of the molecule is COC(=O)N1CC2NCCCOC2C1. The summed E-state index contributed by atoms with van der Waals surface area (Å²) in [5.41, 5.74) is 0. The van der Waals surface area contributed by atoms with Crippen LogP contribution in [-0.2, 0) is 9.47 Å². The van der Waals surface area contributed by atoms with Crippen molar-refractivity contribution in [3.8, 4) is 0 Å². The summed E-state index contributed by atoms with van der Waals surface area (Å²) >= 11 is 0. The summed E-state index contributed by atoms with van der Waals surface area (Å²) in [7, 11) is 1.41. The van der Waals surface area contributed by atoms with E-state index in [1.165, 1.54) is 7.11 Å². The van der Waals surface area contributed by atoms with Crippen LogP contribution in [0.1, 0.15) is 6.42 Å². The highest BCUT2D eigenvalue weighted by Crippen LogP contribution is 2.16. The molecule has 0 aliphatic carbocycles. The van der Waals surface area contributed by atoms with E-state index in [0.717, 1.165) is 19.6 Å². The number of nitrogens with one attached hydrogen (secondary N) is 1. The Morgan fingerprint density at radius 1 is 1.57 bits per heavy atom. The number of fused-ring (bicyclic) bond motifs is 1. The molecule has 0 bridgehead atoms. The molecule has 0 radical (unpaired) electrons. The molecule has 80 valence electrons. The highest BCUT2D eigenvalue weighted by molar-refractivity contribution is 5.68. The van der Waals surface area contributed by atoms with Gasteiger partial charge in [-0.2, -0.15) is 0 Å². The summed E-state index contributed by atoms with van der Waals surface area (Å²) in [4.78, 5) is 13.0. The van der Waals surface area contributed by atoms with Crippen molar-refractivity contribution in [2.24, 2.45) is 0 Å². The molecular formula is C9H16N2O3. The van der Waals surface area contributed by atoms with Crippen LogP contribution in [0.2, 0.25) is 0 Å². The van der Waals surface area contributed by atoms with Crippen LogP contribution in [-0.4, -0.2) is 56.5 Å². The van der Waals surface area contributed by atoms with Crippen LogP contribution in [0, 0.1) is 0 Å². The van der Waals surface area contributed by atoms with Gasteiger partial charge in [-0.15, -0.1) is 0 Å². The van der Waals surface area contributed by atoms with Crippen molar-refractivity contribution in [2.75, 3.05) is 33.4 Å². The first-order valence-corrected chi connectivity index (χ1v) is 4.99. The molecule has 2 aliphatic heterocycles. The van der Waals surface area contributed by atoms with E-state index >= 15 is 0 Å². The monoisotopic (exact) mass is 200 g/mol. The van der Waals surface area contributed by atoms with Gasteiger partial charge in [0.1, 0.15) is 0 Å². The fourth-order valence-electron chi connectivity index (χ4n) is 2.01. The van der Waals surface area contributed by atoms with Crippen molar-refractivity contribution in [2.45, 2.75) is 18.6 Å². The van der Waals surface area contributed by atoms with Gasteiger partial charge in [-0.25, -0.2) is 4.79 Å². The number of ether oxygens (including phenoxy) is 2. The number of carbonyl (C=O) groups is 1. The Labute approximate surface area is 83.3 Å². The van der Waals surface area contributed by atoms with Crippen molar-refractivity contribution in [1.29, 1.82) is 0 Å². The normalized spacial score (nSPS) is 32.2. The average molecular weight is 200 g/mol. The molecule has 0 aromatic rings. The molecule has 2 rings (SSSR count). The molecule has 2 unspecified atom stereocenters. The maximum atomic E-state index is 11.3. The molecule has 0 spiro atoms. The van der Waals surface area contributed by atoms with Gasteiger partial charge in [-0.1, -0.05) is 0 Å². The topological polar surface area (TPSA) is 50.8 Å². The van der Waals surface area contributed by atoms with Gasteiger partial charge in [0.2, 0.25) is 0 Å². The zero-order chi connectivity index (χ0) is 9.97. The summed E-state index contributed by atoms with van der Waals surface area (Å²) in [5, 5.41) is 3.38. The third-order valence-corrected chi connectivity index (χ3v) is 2.76. The number of methoxy groups -OCH3 is 1. The second-order valence-corrected chi connectivity index (χ2v) is 3.70. The number of rotatable bonds is 0. The standard InChI is InChI=1S/C9H16N2O3/c1-13-9(12)11-5-7-8(6-11)14-4-2-3-10-7/h7-8,10H,2-6H2,1H3. The van der Waals surface area contributed by atoms with Crippen molar-refractivity contribution in [1.82, 2.24) is 10.2 Å². The Kier molecular flexibility index (Phi) is 2.88. The van der Waals surface area contributed by atoms with E-state index in [1.54, 1.807) is 4.90 Å². The molecule has 0 aromatic heterocycles. The van der Waals surface area contributed by atoms with E-state index in [-0.39, 0.29) is 18.2 Å². The molecule has 1 amide bonds. The Morgan fingerprint density at radius 3 is 3.21 bits per heavy atom. The lowest BCUT2D eigenvalue weighted by Crippen LogP contribution is -2.38. The molecular weight excluding hydrogens is 184 g/mol. The first-order chi connectivity index (χ1) is 6.81. The summed E-state index contributed by atoms with van der Waals surface area (Å²) < 4.78 is 10.3. The largest absolute Gasteiger partial charge is 0.453 e. The molecule has 5 heteroatoms. The zero-order valence-electron chi connectivity index (χ0n) is 8.36. The van der Waals surface area contributed by atoms with E-state index in [1.807, 2.05) is 0 Å². The lowest BCUT2D eigenvalue weighted by Gasteiger charge is -2.14. The van der Waals surface area contributed by atoms with Crippen LogP contribution in [0.4, 0.5) is 4.79 Å². The van der Waals surface area contributed by atoms with Gasteiger partial charge in [0.15, 0.2) is 0 Å². The molecule has 2 fully saturated rings. The van der Waals surface area contributed by atoms with Gasteiger partial charge in [0.25, 0.3) is 0 Å². The Balaban J connectivity index is 1.94. The first kappa shape index (κ1) is 9.73. The molecule has 2 heterocycles. The molecule has 2 aliphatic rings. The lowest BCUT2D eigenvalue weighted by molar-refractivity contribution is 0.0570. The fraction of sp³-hybridized carbons (Fsp3) is 0.889. The maximum absolute atomic E-state index is 11.3. The average Bonchev–Trinajstić information content (AvgIpc) is 2.49. The van der Waals surface area contributed by atoms with Gasteiger partial charge < -0.3 is 19.7 Å². The number of hydrogen-bond donors (Lipinski definition) is 1. The molecule has 1 N–H and O–H groups in total. The van der Waals surface area contributed by atoms with Gasteiger partial charge in [-0.05, 0) is 13.0 Å². The predicted molar refractivity (Wildman–Crippen MR) is 50.1 cm³/mol. The second-order valence-electron chi connectivity index (χ2n) is 3.70. The van der Waals surface area contributed by atoms with E-state index < -0.39 is 0 Å².